The van der Waals surface area contributed by atoms with Gasteiger partial charge in [0.1, 0.15) is 5.75 Å². The molecule has 2 aromatic carbocycles. The van der Waals surface area contributed by atoms with E-state index in [9.17, 15) is 31.2 Å². The summed E-state index contributed by atoms with van der Waals surface area (Å²) < 4.78 is 69.6. The van der Waals surface area contributed by atoms with Crippen LogP contribution in [0.3, 0.4) is 0 Å². The molecule has 11 heteroatoms. The van der Waals surface area contributed by atoms with E-state index in [0.29, 0.717) is 0 Å². The van der Waals surface area contributed by atoms with Gasteiger partial charge in [0.2, 0.25) is 0 Å². The average Bonchev–Trinajstić information content (AvgIpc) is 2.67. The monoisotopic (exact) mass is 459 g/mol. The van der Waals surface area contributed by atoms with Gasteiger partial charge < -0.3 is 14.8 Å². The van der Waals surface area contributed by atoms with Crippen LogP contribution in [0.4, 0.5) is 18.9 Å². The fourth-order valence-electron chi connectivity index (χ4n) is 2.37. The van der Waals surface area contributed by atoms with Crippen molar-refractivity contribution in [3.63, 3.8) is 0 Å². The molecule has 0 aliphatic rings. The number of halogens is 3. The zero-order chi connectivity index (χ0) is 23.2. The molecule has 0 bridgehead atoms. The van der Waals surface area contributed by atoms with Crippen LogP contribution in [-0.4, -0.2) is 38.5 Å². The third kappa shape index (κ3) is 7.93. The number of hydrogen-bond donors (Lipinski definition) is 1. The van der Waals surface area contributed by atoms with Gasteiger partial charge in [-0.25, -0.2) is 8.42 Å². The van der Waals surface area contributed by atoms with Crippen LogP contribution in [-0.2, 0) is 24.2 Å². The van der Waals surface area contributed by atoms with Crippen molar-refractivity contribution in [2.24, 2.45) is 0 Å². The standard InChI is InChI=1S/C20H20F3NO6S/c1-13-3-9-17(10-4-13)31(27,28)12-11-18(25)29-14(2)19(26)24-15-5-7-16(8-6-15)30-20(21,22)23/h3-10,14H,11-12H2,1-2H3,(H,24,26). The van der Waals surface area contributed by atoms with Crippen LogP contribution < -0.4 is 10.1 Å². The van der Waals surface area contributed by atoms with Crippen LogP contribution in [0.5, 0.6) is 5.75 Å². The normalized spacial score (nSPS) is 12.7. The number of rotatable bonds is 8. The van der Waals surface area contributed by atoms with Gasteiger partial charge in [-0.2, -0.15) is 0 Å². The molecule has 1 unspecified atom stereocenters. The highest BCUT2D eigenvalue weighted by atomic mass is 32.2. The van der Waals surface area contributed by atoms with E-state index in [0.717, 1.165) is 17.7 Å². The summed E-state index contributed by atoms with van der Waals surface area (Å²) in [6.45, 7) is 3.09. The highest BCUT2D eigenvalue weighted by Gasteiger charge is 2.31. The molecule has 0 radical (unpaired) electrons. The molecule has 1 N–H and O–H groups in total. The second kappa shape index (κ2) is 9.82. The van der Waals surface area contributed by atoms with Gasteiger partial charge in [-0.15, -0.1) is 13.2 Å². The molecule has 168 valence electrons. The summed E-state index contributed by atoms with van der Waals surface area (Å²) in [7, 11) is -3.69. The lowest BCUT2D eigenvalue weighted by Gasteiger charge is -2.14. The van der Waals surface area contributed by atoms with E-state index in [4.69, 9.17) is 4.74 Å². The number of alkyl halides is 3. The molecular weight excluding hydrogens is 439 g/mol. The maximum Gasteiger partial charge on any atom is 0.573 e. The minimum atomic E-state index is -4.83. The molecule has 0 fully saturated rings. The minimum absolute atomic E-state index is 0.0784. The van der Waals surface area contributed by atoms with E-state index in [2.05, 4.69) is 10.1 Å². The maximum absolute atomic E-state index is 12.3. The van der Waals surface area contributed by atoms with Gasteiger partial charge in [-0.1, -0.05) is 17.7 Å². The first-order valence-electron chi connectivity index (χ1n) is 9.01. The minimum Gasteiger partial charge on any atom is -0.453 e. The van der Waals surface area contributed by atoms with Crippen molar-refractivity contribution in [2.45, 2.75) is 37.6 Å². The van der Waals surface area contributed by atoms with Gasteiger partial charge in [0, 0.05) is 5.69 Å². The molecule has 31 heavy (non-hydrogen) atoms. The number of sulfone groups is 1. The molecule has 0 aromatic heterocycles. The molecule has 0 aliphatic heterocycles. The number of nitrogens with one attached hydrogen (secondary N) is 1. The third-order valence-corrected chi connectivity index (χ3v) is 5.72. The molecule has 1 amide bonds. The van der Waals surface area contributed by atoms with E-state index in [1.54, 1.807) is 12.1 Å². The van der Waals surface area contributed by atoms with E-state index >= 15 is 0 Å². The molecule has 0 spiro atoms. The Bertz CT molecular complexity index is 1020. The third-order valence-electron chi connectivity index (χ3n) is 3.99. The van der Waals surface area contributed by atoms with Crippen LogP contribution in [0.25, 0.3) is 0 Å². The maximum atomic E-state index is 12.3. The zero-order valence-electron chi connectivity index (χ0n) is 16.6. The van der Waals surface area contributed by atoms with Crippen molar-refractivity contribution in [1.82, 2.24) is 0 Å². The van der Waals surface area contributed by atoms with Crippen molar-refractivity contribution in [1.29, 1.82) is 0 Å². The largest absolute Gasteiger partial charge is 0.573 e. The number of benzene rings is 2. The lowest BCUT2D eigenvalue weighted by atomic mass is 10.2. The van der Waals surface area contributed by atoms with Gasteiger partial charge in [0.05, 0.1) is 17.1 Å². The highest BCUT2D eigenvalue weighted by Crippen LogP contribution is 2.24. The van der Waals surface area contributed by atoms with Crippen molar-refractivity contribution in [3.8, 4) is 5.75 Å². The van der Waals surface area contributed by atoms with Crippen LogP contribution >= 0.6 is 0 Å². The predicted octanol–water partition coefficient (Wildman–Crippen LogP) is 3.63. The molecule has 0 saturated heterocycles. The Balaban J connectivity index is 1.85. The SMILES string of the molecule is Cc1ccc(S(=O)(=O)CCC(=O)OC(C)C(=O)Nc2ccc(OC(F)(F)F)cc2)cc1. The second-order valence-electron chi connectivity index (χ2n) is 6.58. The van der Waals surface area contributed by atoms with Crippen molar-refractivity contribution in [2.75, 3.05) is 11.1 Å². The number of esters is 1. The summed E-state index contributed by atoms with van der Waals surface area (Å²) in [5.74, 6) is -2.56. The summed E-state index contributed by atoms with van der Waals surface area (Å²) in [5.41, 5.74) is 1.05. The first-order chi connectivity index (χ1) is 14.4. The first kappa shape index (κ1) is 24.2. The topological polar surface area (TPSA) is 98.8 Å². The van der Waals surface area contributed by atoms with Crippen LogP contribution in [0, 0.1) is 6.92 Å². The lowest BCUT2D eigenvalue weighted by Crippen LogP contribution is -2.30. The second-order valence-corrected chi connectivity index (χ2v) is 8.68. The Labute approximate surface area is 177 Å². The number of ether oxygens (including phenoxy) is 2. The van der Waals surface area contributed by atoms with Gasteiger partial charge >= 0.3 is 12.3 Å². The molecule has 0 aliphatic carbocycles. The number of anilines is 1. The molecule has 7 nitrogen and oxygen atoms in total. The number of hydrogen-bond acceptors (Lipinski definition) is 6. The van der Waals surface area contributed by atoms with E-state index in [-0.39, 0.29) is 10.6 Å². The van der Waals surface area contributed by atoms with Gasteiger partial charge in [-0.3, -0.25) is 9.59 Å². The van der Waals surface area contributed by atoms with Gasteiger partial charge in [0.25, 0.3) is 5.91 Å². The zero-order valence-corrected chi connectivity index (χ0v) is 17.4. The fourth-order valence-corrected chi connectivity index (χ4v) is 3.60. The summed E-state index contributed by atoms with van der Waals surface area (Å²) in [4.78, 5) is 24.1. The van der Waals surface area contributed by atoms with Crippen molar-refractivity contribution < 1.29 is 40.7 Å². The Morgan fingerprint density at radius 3 is 2.16 bits per heavy atom. The lowest BCUT2D eigenvalue weighted by molar-refractivity contribution is -0.274. The Kier molecular flexibility index (Phi) is 7.66. The van der Waals surface area contributed by atoms with Gasteiger partial charge in [0.15, 0.2) is 15.9 Å². The van der Waals surface area contributed by atoms with E-state index in [1.165, 1.54) is 31.2 Å². The smallest absolute Gasteiger partial charge is 0.453 e. The number of amides is 1. The van der Waals surface area contributed by atoms with Crippen LogP contribution in [0.15, 0.2) is 53.4 Å². The Hall–Kier alpha value is -3.08. The van der Waals surface area contributed by atoms with Gasteiger partial charge in [-0.05, 0) is 50.2 Å². The van der Waals surface area contributed by atoms with Crippen LogP contribution in [0.1, 0.15) is 18.9 Å². The molecule has 0 saturated carbocycles. The van der Waals surface area contributed by atoms with E-state index in [1.807, 2.05) is 6.92 Å². The van der Waals surface area contributed by atoms with Crippen molar-refractivity contribution in [3.05, 3.63) is 54.1 Å². The molecule has 2 rings (SSSR count). The first-order valence-corrected chi connectivity index (χ1v) is 10.7. The quantitative estimate of drug-likeness (QED) is 0.606. The predicted molar refractivity (Wildman–Crippen MR) is 105 cm³/mol. The molecular formula is C20H20F3NO6S. The Morgan fingerprint density at radius 1 is 1.03 bits per heavy atom. The van der Waals surface area contributed by atoms with Crippen LogP contribution in [0.2, 0.25) is 0 Å². The van der Waals surface area contributed by atoms with Crippen molar-refractivity contribution >= 4 is 27.4 Å². The summed E-state index contributed by atoms with van der Waals surface area (Å²) in [5, 5.41) is 2.37. The summed E-state index contributed by atoms with van der Waals surface area (Å²) >= 11 is 0. The fraction of sp³-hybridized carbons (Fsp3) is 0.300. The van der Waals surface area contributed by atoms with E-state index < -0.39 is 52.1 Å². The number of carbonyl (C=O) groups is 2. The molecule has 0 heterocycles. The summed E-state index contributed by atoms with van der Waals surface area (Å²) in [6, 6.07) is 10.5. The average molecular weight is 459 g/mol. The number of carbonyl (C=O) groups excluding carboxylic acids is 2. The molecule has 1 atom stereocenters. The highest BCUT2D eigenvalue weighted by molar-refractivity contribution is 7.91. The number of aryl methyl sites for hydroxylation is 1. The molecule has 2 aromatic rings. The Morgan fingerprint density at radius 2 is 1.61 bits per heavy atom. The summed E-state index contributed by atoms with van der Waals surface area (Å²) in [6.07, 6.45) is -6.53.